The maximum Gasteiger partial charge on any atom is 0.0547 e. The number of rotatable bonds is 5. The molecular formula is C18H31N3. The van der Waals surface area contributed by atoms with Gasteiger partial charge >= 0.3 is 0 Å². The summed E-state index contributed by atoms with van der Waals surface area (Å²) in [5.41, 5.74) is 9.02. The minimum Gasteiger partial charge on any atom is -0.329 e. The number of aryl methyl sites for hydroxylation is 1. The minimum absolute atomic E-state index is 0.115. The molecule has 0 saturated heterocycles. The van der Waals surface area contributed by atoms with Gasteiger partial charge in [-0.3, -0.25) is 9.88 Å². The highest BCUT2D eigenvalue weighted by atomic mass is 15.2. The van der Waals surface area contributed by atoms with Crippen LogP contribution < -0.4 is 5.73 Å². The fourth-order valence-corrected chi connectivity index (χ4v) is 4.39. The Kier molecular flexibility index (Phi) is 4.74. The third-order valence-electron chi connectivity index (χ3n) is 5.22. The van der Waals surface area contributed by atoms with Crippen molar-refractivity contribution in [2.75, 3.05) is 13.1 Å². The van der Waals surface area contributed by atoms with Gasteiger partial charge in [-0.05, 0) is 49.8 Å². The monoisotopic (exact) mass is 289 g/mol. The highest BCUT2D eigenvalue weighted by molar-refractivity contribution is 5.12. The Morgan fingerprint density at radius 2 is 2.10 bits per heavy atom. The van der Waals surface area contributed by atoms with Gasteiger partial charge in [0.2, 0.25) is 0 Å². The molecular weight excluding hydrogens is 258 g/mol. The molecule has 118 valence electrons. The summed E-state index contributed by atoms with van der Waals surface area (Å²) in [4.78, 5) is 7.24. The summed E-state index contributed by atoms with van der Waals surface area (Å²) in [5, 5.41) is 0. The van der Waals surface area contributed by atoms with Crippen molar-refractivity contribution in [2.45, 2.75) is 59.5 Å². The summed E-state index contributed by atoms with van der Waals surface area (Å²) in [6.07, 6.45) is 2.43. The fourth-order valence-electron chi connectivity index (χ4n) is 4.39. The maximum atomic E-state index is 6.28. The zero-order valence-electron chi connectivity index (χ0n) is 14.3. The first kappa shape index (κ1) is 16.4. The van der Waals surface area contributed by atoms with Crippen LogP contribution in [0.4, 0.5) is 0 Å². The van der Waals surface area contributed by atoms with Crippen LogP contribution in [0, 0.1) is 18.3 Å². The number of aromatic nitrogens is 1. The zero-order chi connectivity index (χ0) is 15.7. The molecule has 0 amide bonds. The van der Waals surface area contributed by atoms with E-state index in [1.54, 1.807) is 0 Å². The summed E-state index contributed by atoms with van der Waals surface area (Å²) >= 11 is 0. The lowest BCUT2D eigenvalue weighted by Gasteiger charge is -2.44. The van der Waals surface area contributed by atoms with Crippen LogP contribution in [0.5, 0.6) is 0 Å². The summed E-state index contributed by atoms with van der Waals surface area (Å²) in [7, 11) is 0. The first-order chi connectivity index (χ1) is 9.83. The van der Waals surface area contributed by atoms with Gasteiger partial charge < -0.3 is 5.73 Å². The van der Waals surface area contributed by atoms with E-state index in [-0.39, 0.29) is 5.54 Å². The molecule has 0 aliphatic heterocycles. The molecule has 1 saturated carbocycles. The quantitative estimate of drug-likeness (QED) is 0.903. The van der Waals surface area contributed by atoms with Crippen LogP contribution in [0.3, 0.4) is 0 Å². The van der Waals surface area contributed by atoms with Crippen molar-refractivity contribution in [1.82, 2.24) is 9.88 Å². The predicted molar refractivity (Wildman–Crippen MR) is 89.0 cm³/mol. The van der Waals surface area contributed by atoms with Gasteiger partial charge in [0.05, 0.1) is 5.69 Å². The number of hydrogen-bond donors (Lipinski definition) is 1. The highest BCUT2D eigenvalue weighted by Crippen LogP contribution is 2.50. The van der Waals surface area contributed by atoms with Crippen LogP contribution in [0.2, 0.25) is 0 Å². The lowest BCUT2D eigenvalue weighted by Crippen LogP contribution is -2.55. The third-order valence-corrected chi connectivity index (χ3v) is 5.22. The Hall–Kier alpha value is -0.930. The third kappa shape index (κ3) is 3.29. The SMILES string of the molecule is CCN(Cc1cccc(C)n1)C1(CN)CC(C)(C)CC1C. The Morgan fingerprint density at radius 1 is 1.38 bits per heavy atom. The first-order valence-corrected chi connectivity index (χ1v) is 8.20. The topological polar surface area (TPSA) is 42.2 Å². The van der Waals surface area contributed by atoms with Gasteiger partial charge in [-0.1, -0.05) is 33.8 Å². The fraction of sp³-hybridized carbons (Fsp3) is 0.722. The molecule has 2 rings (SSSR count). The molecule has 1 aliphatic carbocycles. The lowest BCUT2D eigenvalue weighted by atomic mass is 9.84. The summed E-state index contributed by atoms with van der Waals surface area (Å²) in [6, 6.07) is 6.28. The van der Waals surface area contributed by atoms with Gasteiger partial charge in [-0.15, -0.1) is 0 Å². The molecule has 1 aliphatic rings. The minimum atomic E-state index is 0.115. The number of pyridine rings is 1. The van der Waals surface area contributed by atoms with Crippen LogP contribution in [0.25, 0.3) is 0 Å². The molecule has 0 radical (unpaired) electrons. The predicted octanol–water partition coefficient (Wildman–Crippen LogP) is 3.37. The van der Waals surface area contributed by atoms with E-state index in [4.69, 9.17) is 5.73 Å². The molecule has 1 fully saturated rings. The number of hydrogen-bond acceptors (Lipinski definition) is 3. The van der Waals surface area contributed by atoms with Crippen LogP contribution in [0.15, 0.2) is 18.2 Å². The summed E-state index contributed by atoms with van der Waals surface area (Å²) in [6.45, 7) is 14.1. The van der Waals surface area contributed by atoms with E-state index in [0.29, 0.717) is 11.3 Å². The Morgan fingerprint density at radius 3 is 2.57 bits per heavy atom. The highest BCUT2D eigenvalue weighted by Gasteiger charge is 2.50. The largest absolute Gasteiger partial charge is 0.329 e. The van der Waals surface area contributed by atoms with Crippen LogP contribution >= 0.6 is 0 Å². The summed E-state index contributed by atoms with van der Waals surface area (Å²) < 4.78 is 0. The second kappa shape index (κ2) is 6.05. The van der Waals surface area contributed by atoms with Crippen molar-refractivity contribution in [2.24, 2.45) is 17.1 Å². The first-order valence-electron chi connectivity index (χ1n) is 8.20. The number of likely N-dealkylation sites (N-methyl/N-ethyl adjacent to an activating group) is 1. The molecule has 3 heteroatoms. The van der Waals surface area contributed by atoms with Gasteiger partial charge in [-0.2, -0.15) is 0 Å². The molecule has 2 N–H and O–H groups in total. The van der Waals surface area contributed by atoms with Crippen molar-refractivity contribution in [3.63, 3.8) is 0 Å². The average molecular weight is 289 g/mol. The van der Waals surface area contributed by atoms with Gasteiger partial charge in [0, 0.05) is 24.3 Å². The van der Waals surface area contributed by atoms with Crippen LogP contribution in [-0.2, 0) is 6.54 Å². The normalized spacial score (nSPS) is 28.2. The van der Waals surface area contributed by atoms with E-state index >= 15 is 0 Å². The molecule has 2 unspecified atom stereocenters. The number of nitrogens with zero attached hydrogens (tertiary/aromatic N) is 2. The van der Waals surface area contributed by atoms with Gasteiger partial charge in [-0.25, -0.2) is 0 Å². The van der Waals surface area contributed by atoms with Crippen molar-refractivity contribution >= 4 is 0 Å². The van der Waals surface area contributed by atoms with E-state index in [1.807, 2.05) is 0 Å². The Balaban J connectivity index is 2.26. The molecule has 21 heavy (non-hydrogen) atoms. The summed E-state index contributed by atoms with van der Waals surface area (Å²) in [5.74, 6) is 0.627. The second-order valence-corrected chi connectivity index (χ2v) is 7.54. The lowest BCUT2D eigenvalue weighted by molar-refractivity contribution is 0.0552. The van der Waals surface area contributed by atoms with Gasteiger partial charge in [0.1, 0.15) is 0 Å². The van der Waals surface area contributed by atoms with Crippen LogP contribution in [-0.4, -0.2) is 28.5 Å². The molecule has 3 nitrogen and oxygen atoms in total. The van der Waals surface area contributed by atoms with Gasteiger partial charge in [0.15, 0.2) is 0 Å². The van der Waals surface area contributed by atoms with Crippen molar-refractivity contribution in [1.29, 1.82) is 0 Å². The Bertz CT molecular complexity index is 483. The maximum absolute atomic E-state index is 6.28. The van der Waals surface area contributed by atoms with E-state index in [0.717, 1.165) is 31.0 Å². The van der Waals surface area contributed by atoms with E-state index in [1.165, 1.54) is 12.8 Å². The van der Waals surface area contributed by atoms with E-state index in [2.05, 4.69) is 62.7 Å². The van der Waals surface area contributed by atoms with E-state index < -0.39 is 0 Å². The average Bonchev–Trinajstić information content (AvgIpc) is 2.66. The number of nitrogens with two attached hydrogens (primary N) is 1. The van der Waals surface area contributed by atoms with Crippen molar-refractivity contribution < 1.29 is 0 Å². The van der Waals surface area contributed by atoms with Crippen molar-refractivity contribution in [3.8, 4) is 0 Å². The smallest absolute Gasteiger partial charge is 0.0547 e. The second-order valence-electron chi connectivity index (χ2n) is 7.54. The standard InChI is InChI=1S/C18H31N3/c1-6-21(11-16-9-7-8-15(3)20-16)18(13-19)12-17(4,5)10-14(18)2/h7-9,14H,6,10-13,19H2,1-5H3. The molecule has 1 heterocycles. The molecule has 1 aromatic heterocycles. The molecule has 2 atom stereocenters. The van der Waals surface area contributed by atoms with Crippen molar-refractivity contribution in [3.05, 3.63) is 29.6 Å². The Labute approximate surface area is 129 Å². The molecule has 0 bridgehead atoms. The molecule has 1 aromatic rings. The van der Waals surface area contributed by atoms with E-state index in [9.17, 15) is 0 Å². The zero-order valence-corrected chi connectivity index (χ0v) is 14.3. The van der Waals surface area contributed by atoms with Crippen LogP contribution in [0.1, 0.15) is 51.9 Å². The molecule has 0 aromatic carbocycles. The molecule has 0 spiro atoms. The van der Waals surface area contributed by atoms with Gasteiger partial charge in [0.25, 0.3) is 0 Å².